The van der Waals surface area contributed by atoms with Gasteiger partial charge in [0.2, 0.25) is 0 Å². The highest BCUT2D eigenvalue weighted by molar-refractivity contribution is 9.10. The van der Waals surface area contributed by atoms with E-state index in [0.717, 1.165) is 4.47 Å². The number of halogens is 1. The van der Waals surface area contributed by atoms with Gasteiger partial charge in [-0.05, 0) is 28.1 Å². The lowest BCUT2D eigenvalue weighted by Gasteiger charge is -2.09. The number of urea groups is 1. The Kier molecular flexibility index (Phi) is 5.60. The summed E-state index contributed by atoms with van der Waals surface area (Å²) >= 11 is 3.28. The molecule has 0 saturated carbocycles. The molecule has 0 aliphatic carbocycles. The molecule has 0 saturated heterocycles. The number of hydrogen-bond acceptors (Lipinski definition) is 3. The van der Waals surface area contributed by atoms with Crippen LogP contribution in [-0.2, 0) is 4.79 Å². The van der Waals surface area contributed by atoms with Crippen LogP contribution in [0.1, 0.15) is 6.42 Å². The van der Waals surface area contributed by atoms with Crippen molar-refractivity contribution in [3.8, 4) is 0 Å². The lowest BCUT2D eigenvalue weighted by molar-refractivity contribution is -0.146. The summed E-state index contributed by atoms with van der Waals surface area (Å²) in [4.78, 5) is 21.8. The number of hydrogen-bond donors (Lipinski definition) is 4. The second-order valence-corrected chi connectivity index (χ2v) is 4.36. The first-order valence-electron chi connectivity index (χ1n) is 5.21. The normalized spacial score (nSPS) is 11.7. The summed E-state index contributed by atoms with van der Waals surface area (Å²) in [5, 5.41) is 22.5. The molecule has 1 atom stereocenters. The molecule has 6 nitrogen and oxygen atoms in total. The van der Waals surface area contributed by atoms with Crippen LogP contribution in [0, 0.1) is 0 Å². The molecular weight excluding hydrogens is 304 g/mol. The van der Waals surface area contributed by atoms with E-state index in [4.69, 9.17) is 10.2 Å². The molecule has 1 aromatic carbocycles. The molecule has 0 bridgehead atoms. The highest BCUT2D eigenvalue weighted by atomic mass is 79.9. The SMILES string of the molecule is O=C(NCCC(O)C(=O)O)Nc1ccccc1Br. The lowest BCUT2D eigenvalue weighted by atomic mass is 10.2. The quantitative estimate of drug-likeness (QED) is 0.660. The summed E-state index contributed by atoms with van der Waals surface area (Å²) in [6.07, 6.45) is -1.51. The second kappa shape index (κ2) is 6.97. The lowest BCUT2D eigenvalue weighted by Crippen LogP contribution is -2.33. The van der Waals surface area contributed by atoms with Crippen LogP contribution < -0.4 is 10.6 Å². The minimum atomic E-state index is -1.46. The van der Waals surface area contributed by atoms with Crippen molar-refractivity contribution in [2.75, 3.05) is 11.9 Å². The number of benzene rings is 1. The van der Waals surface area contributed by atoms with Gasteiger partial charge in [0, 0.05) is 17.4 Å². The number of aliphatic hydroxyl groups is 1. The van der Waals surface area contributed by atoms with Crippen molar-refractivity contribution in [3.63, 3.8) is 0 Å². The van der Waals surface area contributed by atoms with Gasteiger partial charge in [0.05, 0.1) is 5.69 Å². The van der Waals surface area contributed by atoms with E-state index >= 15 is 0 Å². The highest BCUT2D eigenvalue weighted by Gasteiger charge is 2.12. The fourth-order valence-corrected chi connectivity index (χ4v) is 1.56. The fraction of sp³-hybridized carbons (Fsp3) is 0.273. The minimum absolute atomic E-state index is 0.0429. The molecule has 2 amide bonds. The molecule has 98 valence electrons. The number of nitrogens with one attached hydrogen (secondary N) is 2. The minimum Gasteiger partial charge on any atom is -0.479 e. The van der Waals surface area contributed by atoms with Crippen molar-refractivity contribution in [1.82, 2.24) is 5.32 Å². The van der Waals surface area contributed by atoms with Crippen LogP contribution in [0.2, 0.25) is 0 Å². The third kappa shape index (κ3) is 4.72. The van der Waals surface area contributed by atoms with E-state index in [-0.39, 0.29) is 13.0 Å². The summed E-state index contributed by atoms with van der Waals surface area (Å²) in [6, 6.07) is 6.63. The summed E-state index contributed by atoms with van der Waals surface area (Å²) in [5.41, 5.74) is 0.605. The molecule has 7 heteroatoms. The van der Waals surface area contributed by atoms with Gasteiger partial charge in [-0.15, -0.1) is 0 Å². The van der Waals surface area contributed by atoms with Gasteiger partial charge >= 0.3 is 12.0 Å². The number of aliphatic hydroxyl groups excluding tert-OH is 1. The maximum absolute atomic E-state index is 11.4. The molecule has 0 aliphatic heterocycles. The predicted octanol–water partition coefficient (Wildman–Crippen LogP) is 1.41. The molecule has 0 aliphatic rings. The van der Waals surface area contributed by atoms with Crippen LogP contribution in [0.4, 0.5) is 10.5 Å². The van der Waals surface area contributed by atoms with Gasteiger partial charge in [0.15, 0.2) is 6.10 Å². The molecule has 4 N–H and O–H groups in total. The van der Waals surface area contributed by atoms with Crippen LogP contribution in [0.15, 0.2) is 28.7 Å². The Morgan fingerprint density at radius 2 is 2.00 bits per heavy atom. The largest absolute Gasteiger partial charge is 0.479 e. The van der Waals surface area contributed by atoms with Crippen molar-refractivity contribution >= 4 is 33.6 Å². The second-order valence-electron chi connectivity index (χ2n) is 3.50. The monoisotopic (exact) mass is 316 g/mol. The van der Waals surface area contributed by atoms with Crippen LogP contribution in [0.3, 0.4) is 0 Å². The molecule has 0 fully saturated rings. The van der Waals surface area contributed by atoms with Crippen LogP contribution in [0.25, 0.3) is 0 Å². The zero-order valence-electron chi connectivity index (χ0n) is 9.39. The van der Waals surface area contributed by atoms with Gasteiger partial charge in [0.1, 0.15) is 0 Å². The summed E-state index contributed by atoms with van der Waals surface area (Å²) in [7, 11) is 0. The third-order valence-corrected chi connectivity index (χ3v) is 2.80. The molecule has 1 rings (SSSR count). The Morgan fingerprint density at radius 1 is 1.33 bits per heavy atom. The standard InChI is InChI=1S/C11H13BrN2O4/c12-7-3-1-2-4-8(7)14-11(18)13-6-5-9(15)10(16)17/h1-4,9,15H,5-6H2,(H,16,17)(H2,13,14,18). The number of carboxylic acid groups (broad SMARTS) is 1. The average molecular weight is 317 g/mol. The van der Waals surface area contributed by atoms with Gasteiger partial charge in [-0.1, -0.05) is 12.1 Å². The number of anilines is 1. The van der Waals surface area contributed by atoms with Gasteiger partial charge in [-0.2, -0.15) is 0 Å². The number of para-hydroxylation sites is 1. The summed E-state index contributed by atoms with van der Waals surface area (Å²) in [6.45, 7) is 0.0732. The molecule has 0 heterocycles. The number of carboxylic acids is 1. The molecule has 18 heavy (non-hydrogen) atoms. The van der Waals surface area contributed by atoms with E-state index in [0.29, 0.717) is 5.69 Å². The average Bonchev–Trinajstić information content (AvgIpc) is 2.32. The Bertz CT molecular complexity index is 439. The first kappa shape index (κ1) is 14.5. The first-order chi connectivity index (χ1) is 8.50. The zero-order valence-corrected chi connectivity index (χ0v) is 11.0. The Labute approximate surface area is 112 Å². The summed E-state index contributed by atoms with van der Waals surface area (Å²) < 4.78 is 0.741. The third-order valence-electron chi connectivity index (χ3n) is 2.11. The molecule has 1 unspecified atom stereocenters. The molecule has 0 aromatic heterocycles. The molecule has 1 aromatic rings. The molecule has 0 radical (unpaired) electrons. The highest BCUT2D eigenvalue weighted by Crippen LogP contribution is 2.20. The van der Waals surface area contributed by atoms with E-state index in [1.165, 1.54) is 0 Å². The van der Waals surface area contributed by atoms with Crippen molar-refractivity contribution in [2.45, 2.75) is 12.5 Å². The van der Waals surface area contributed by atoms with Gasteiger partial charge in [-0.3, -0.25) is 0 Å². The van der Waals surface area contributed by atoms with E-state index in [2.05, 4.69) is 26.6 Å². The van der Waals surface area contributed by atoms with Crippen molar-refractivity contribution in [3.05, 3.63) is 28.7 Å². The number of rotatable bonds is 5. The predicted molar refractivity (Wildman–Crippen MR) is 69.4 cm³/mol. The van der Waals surface area contributed by atoms with Crippen molar-refractivity contribution in [2.24, 2.45) is 0 Å². The number of aliphatic carboxylic acids is 1. The van der Waals surface area contributed by atoms with E-state index in [1.54, 1.807) is 18.2 Å². The van der Waals surface area contributed by atoms with Crippen LogP contribution >= 0.6 is 15.9 Å². The maximum Gasteiger partial charge on any atom is 0.332 e. The first-order valence-corrected chi connectivity index (χ1v) is 6.00. The summed E-state index contributed by atoms with van der Waals surface area (Å²) in [5.74, 6) is -1.30. The molecule has 0 spiro atoms. The number of carbonyl (C=O) groups excluding carboxylic acids is 1. The smallest absolute Gasteiger partial charge is 0.332 e. The van der Waals surface area contributed by atoms with Crippen LogP contribution in [0.5, 0.6) is 0 Å². The van der Waals surface area contributed by atoms with E-state index in [1.807, 2.05) is 6.07 Å². The zero-order chi connectivity index (χ0) is 13.5. The Balaban J connectivity index is 2.35. The fourth-order valence-electron chi connectivity index (χ4n) is 1.17. The van der Waals surface area contributed by atoms with E-state index in [9.17, 15) is 9.59 Å². The van der Waals surface area contributed by atoms with Crippen molar-refractivity contribution in [1.29, 1.82) is 0 Å². The van der Waals surface area contributed by atoms with E-state index < -0.39 is 18.1 Å². The Hall–Kier alpha value is -1.60. The molecular formula is C11H13BrN2O4. The number of carbonyl (C=O) groups is 2. The maximum atomic E-state index is 11.4. The van der Waals surface area contributed by atoms with Gasteiger partial charge in [0.25, 0.3) is 0 Å². The van der Waals surface area contributed by atoms with Gasteiger partial charge in [-0.25, -0.2) is 9.59 Å². The van der Waals surface area contributed by atoms with Crippen molar-refractivity contribution < 1.29 is 19.8 Å². The Morgan fingerprint density at radius 3 is 2.61 bits per heavy atom. The number of amides is 2. The topological polar surface area (TPSA) is 98.7 Å². The van der Waals surface area contributed by atoms with Crippen LogP contribution in [-0.4, -0.2) is 34.9 Å². The van der Waals surface area contributed by atoms with Gasteiger partial charge < -0.3 is 20.8 Å².